The van der Waals surface area contributed by atoms with Crippen LogP contribution in [0.3, 0.4) is 0 Å². The fraction of sp³-hybridized carbons (Fsp3) is 0.316. The van der Waals surface area contributed by atoms with Gasteiger partial charge in [0.1, 0.15) is 17.9 Å². The van der Waals surface area contributed by atoms with E-state index in [1.165, 1.54) is 12.1 Å². The molecule has 0 radical (unpaired) electrons. The first-order valence-electron chi connectivity index (χ1n) is 7.89. The molecule has 2 rings (SSSR count). The molecular weight excluding hydrogens is 364 g/mol. The van der Waals surface area contributed by atoms with Crippen molar-refractivity contribution in [3.63, 3.8) is 0 Å². The lowest BCUT2D eigenvalue weighted by Crippen LogP contribution is -2.19. The molecule has 0 saturated heterocycles. The maximum atomic E-state index is 14.7. The molecule has 3 nitrogen and oxygen atoms in total. The van der Waals surface area contributed by atoms with E-state index in [1.54, 1.807) is 24.1 Å². The molecular formula is C19H20Cl2FNO2. The van der Waals surface area contributed by atoms with Crippen LogP contribution < -0.4 is 4.90 Å². The van der Waals surface area contributed by atoms with E-state index in [4.69, 9.17) is 23.2 Å². The normalized spacial score (nSPS) is 11.0. The molecule has 6 heteroatoms. The predicted molar refractivity (Wildman–Crippen MR) is 101 cm³/mol. The highest BCUT2D eigenvalue weighted by Gasteiger charge is 2.18. The fourth-order valence-electron chi connectivity index (χ4n) is 2.70. The SMILES string of the molecule is CC(C)c1c(O)ccc(Cc2c(Cl)cc(N(C)CC=O)cc2Cl)c1F. The molecule has 0 fully saturated rings. The average molecular weight is 384 g/mol. The van der Waals surface area contributed by atoms with E-state index in [9.17, 15) is 14.3 Å². The van der Waals surface area contributed by atoms with Gasteiger partial charge in [0.15, 0.2) is 0 Å². The summed E-state index contributed by atoms with van der Waals surface area (Å²) < 4.78 is 14.7. The Hall–Kier alpha value is -1.78. The Kier molecular flexibility index (Phi) is 6.31. The van der Waals surface area contributed by atoms with Crippen LogP contribution in [0.5, 0.6) is 5.75 Å². The molecule has 1 N–H and O–H groups in total. The topological polar surface area (TPSA) is 40.5 Å². The molecule has 0 aromatic heterocycles. The van der Waals surface area contributed by atoms with Crippen molar-refractivity contribution in [1.82, 2.24) is 0 Å². The van der Waals surface area contributed by atoms with Crippen LogP contribution in [-0.2, 0) is 11.2 Å². The summed E-state index contributed by atoms with van der Waals surface area (Å²) >= 11 is 12.7. The third kappa shape index (κ3) is 4.25. The summed E-state index contributed by atoms with van der Waals surface area (Å²) in [6.07, 6.45) is 0.996. The number of nitrogens with zero attached hydrogens (tertiary/aromatic N) is 1. The molecule has 0 aliphatic rings. The van der Waals surface area contributed by atoms with Gasteiger partial charge in [-0.3, -0.25) is 0 Å². The summed E-state index contributed by atoms with van der Waals surface area (Å²) in [5, 5.41) is 10.7. The zero-order chi connectivity index (χ0) is 18.7. The van der Waals surface area contributed by atoms with Gasteiger partial charge in [0.2, 0.25) is 0 Å². The highest BCUT2D eigenvalue weighted by molar-refractivity contribution is 6.36. The minimum absolute atomic E-state index is 0.0562. The van der Waals surface area contributed by atoms with Gasteiger partial charge in [-0.25, -0.2) is 4.39 Å². The van der Waals surface area contributed by atoms with Crippen molar-refractivity contribution in [2.24, 2.45) is 0 Å². The van der Waals surface area contributed by atoms with Crippen LogP contribution in [-0.4, -0.2) is 25.0 Å². The van der Waals surface area contributed by atoms with Crippen LogP contribution in [0.4, 0.5) is 10.1 Å². The highest BCUT2D eigenvalue weighted by Crippen LogP contribution is 2.35. The van der Waals surface area contributed by atoms with Crippen LogP contribution in [0, 0.1) is 5.82 Å². The molecule has 2 aromatic carbocycles. The second kappa shape index (κ2) is 8.07. The number of benzene rings is 2. The number of carbonyl (C=O) groups is 1. The van der Waals surface area contributed by atoms with E-state index >= 15 is 0 Å². The van der Waals surface area contributed by atoms with E-state index in [1.807, 2.05) is 13.8 Å². The quantitative estimate of drug-likeness (QED) is 0.697. The molecule has 0 saturated carbocycles. The molecule has 25 heavy (non-hydrogen) atoms. The first-order chi connectivity index (χ1) is 11.8. The number of carbonyl (C=O) groups excluding carboxylic acids is 1. The first-order valence-corrected chi connectivity index (χ1v) is 8.64. The van der Waals surface area contributed by atoms with Gasteiger partial charge in [-0.2, -0.15) is 0 Å². The molecule has 0 aliphatic heterocycles. The second-order valence-electron chi connectivity index (χ2n) is 6.24. The summed E-state index contributed by atoms with van der Waals surface area (Å²) in [6, 6.07) is 6.43. The zero-order valence-electron chi connectivity index (χ0n) is 14.3. The number of hydrogen-bond donors (Lipinski definition) is 1. The minimum atomic E-state index is -0.440. The van der Waals surface area contributed by atoms with E-state index in [0.717, 1.165) is 6.29 Å². The Morgan fingerprint density at radius 3 is 2.36 bits per heavy atom. The summed E-state index contributed by atoms with van der Waals surface area (Å²) in [7, 11) is 1.75. The van der Waals surface area contributed by atoms with Gasteiger partial charge >= 0.3 is 0 Å². The lowest BCUT2D eigenvalue weighted by molar-refractivity contribution is -0.106. The minimum Gasteiger partial charge on any atom is -0.508 e. The Bertz CT molecular complexity index is 770. The van der Waals surface area contributed by atoms with Gasteiger partial charge in [-0.15, -0.1) is 0 Å². The summed E-state index contributed by atoms with van der Waals surface area (Å²) in [4.78, 5) is 12.4. The van der Waals surface area contributed by atoms with Gasteiger partial charge in [-0.05, 0) is 35.2 Å². The monoisotopic (exact) mass is 383 g/mol. The Labute approximate surface area is 157 Å². The van der Waals surface area contributed by atoms with Crippen LogP contribution in [0.25, 0.3) is 0 Å². The van der Waals surface area contributed by atoms with Crippen LogP contribution in [0.15, 0.2) is 24.3 Å². The number of likely N-dealkylation sites (N-methyl/N-ethyl adjacent to an activating group) is 1. The number of aldehydes is 1. The van der Waals surface area contributed by atoms with Crippen molar-refractivity contribution in [3.8, 4) is 5.75 Å². The number of phenolic OH excluding ortho intramolecular Hbond substituents is 1. The second-order valence-corrected chi connectivity index (χ2v) is 7.05. The van der Waals surface area contributed by atoms with Crippen molar-refractivity contribution in [3.05, 3.63) is 56.8 Å². The molecule has 0 spiro atoms. The number of hydrogen-bond acceptors (Lipinski definition) is 3. The van der Waals surface area contributed by atoms with E-state index in [-0.39, 0.29) is 30.2 Å². The standard InChI is InChI=1S/C19H20Cl2FNO2/c1-11(2)18-17(25)5-4-12(19(18)22)8-14-15(20)9-13(10-16(14)21)23(3)6-7-24/h4-5,7,9-11,25H,6,8H2,1-3H3. The smallest absolute Gasteiger partial charge is 0.139 e. The van der Waals surface area contributed by atoms with Crippen molar-refractivity contribution in [1.29, 1.82) is 0 Å². The number of anilines is 1. The molecule has 0 bridgehead atoms. The fourth-order valence-corrected chi connectivity index (χ4v) is 3.31. The molecule has 0 unspecified atom stereocenters. The summed E-state index contributed by atoms with van der Waals surface area (Å²) in [5.74, 6) is -0.645. The lowest BCUT2D eigenvalue weighted by Gasteiger charge is -2.19. The van der Waals surface area contributed by atoms with Gasteiger partial charge in [0.05, 0.1) is 6.54 Å². The molecule has 0 aliphatic carbocycles. The van der Waals surface area contributed by atoms with Crippen molar-refractivity contribution in [2.75, 3.05) is 18.5 Å². The molecule has 2 aromatic rings. The Balaban J connectivity index is 2.42. The number of aromatic hydroxyl groups is 1. The number of halogens is 3. The molecule has 0 amide bonds. The zero-order valence-corrected chi connectivity index (χ0v) is 15.8. The Morgan fingerprint density at radius 2 is 1.84 bits per heavy atom. The third-order valence-electron chi connectivity index (χ3n) is 4.10. The average Bonchev–Trinajstić information content (AvgIpc) is 2.52. The lowest BCUT2D eigenvalue weighted by atomic mass is 9.95. The maximum absolute atomic E-state index is 14.7. The van der Waals surface area contributed by atoms with E-state index < -0.39 is 5.82 Å². The van der Waals surface area contributed by atoms with Crippen LogP contribution >= 0.6 is 23.2 Å². The van der Waals surface area contributed by atoms with E-state index in [2.05, 4.69) is 0 Å². The van der Waals surface area contributed by atoms with Gasteiger partial charge < -0.3 is 14.8 Å². The van der Waals surface area contributed by atoms with Crippen LogP contribution in [0.2, 0.25) is 10.0 Å². The van der Waals surface area contributed by atoms with Crippen molar-refractivity contribution >= 4 is 35.2 Å². The van der Waals surface area contributed by atoms with Gasteiger partial charge in [0, 0.05) is 34.8 Å². The number of rotatable bonds is 6. The first kappa shape index (κ1) is 19.5. The maximum Gasteiger partial charge on any atom is 0.139 e. The summed E-state index contributed by atoms with van der Waals surface area (Å²) in [6.45, 7) is 3.86. The molecule has 0 atom stereocenters. The van der Waals surface area contributed by atoms with Gasteiger partial charge in [-0.1, -0.05) is 43.1 Å². The number of phenols is 1. The third-order valence-corrected chi connectivity index (χ3v) is 4.77. The summed E-state index contributed by atoms with van der Waals surface area (Å²) in [5.41, 5.74) is 2.01. The molecule has 0 heterocycles. The van der Waals surface area contributed by atoms with Crippen LogP contribution in [0.1, 0.15) is 36.5 Å². The largest absolute Gasteiger partial charge is 0.508 e. The van der Waals surface area contributed by atoms with E-state index in [0.29, 0.717) is 26.9 Å². The molecule has 134 valence electrons. The van der Waals surface area contributed by atoms with Crippen molar-refractivity contribution < 1.29 is 14.3 Å². The Morgan fingerprint density at radius 1 is 1.24 bits per heavy atom. The highest BCUT2D eigenvalue weighted by atomic mass is 35.5. The van der Waals surface area contributed by atoms with Crippen molar-refractivity contribution in [2.45, 2.75) is 26.2 Å². The van der Waals surface area contributed by atoms with Gasteiger partial charge in [0.25, 0.3) is 0 Å². The predicted octanol–water partition coefficient (Wildman–Crippen LogP) is 5.19.